The van der Waals surface area contributed by atoms with E-state index in [1.807, 2.05) is 18.2 Å². The molecule has 3 N–H and O–H groups in total. The van der Waals surface area contributed by atoms with Gasteiger partial charge in [-0.3, -0.25) is 14.9 Å². The molecule has 3 rings (SSSR count). The Morgan fingerprint density at radius 2 is 2.12 bits per heavy atom. The van der Waals surface area contributed by atoms with Crippen LogP contribution in [0.5, 0.6) is 0 Å². The van der Waals surface area contributed by atoms with Crippen molar-refractivity contribution in [1.82, 2.24) is 15.4 Å². The number of amides is 1. The fourth-order valence-corrected chi connectivity index (χ4v) is 2.94. The zero-order valence-corrected chi connectivity index (χ0v) is 13.9. The van der Waals surface area contributed by atoms with E-state index in [0.717, 1.165) is 37.4 Å². The Bertz CT molecular complexity index is 716. The third-order valence-corrected chi connectivity index (χ3v) is 4.20. The molecule has 25 heavy (non-hydrogen) atoms. The van der Waals surface area contributed by atoms with Crippen LogP contribution in [0.25, 0.3) is 6.08 Å². The first-order valence-electron chi connectivity index (χ1n) is 8.34. The molecule has 0 bridgehead atoms. The van der Waals surface area contributed by atoms with Gasteiger partial charge in [-0.25, -0.2) is 10.5 Å². The predicted molar refractivity (Wildman–Crippen MR) is 96.9 cm³/mol. The molecule has 2 heterocycles. The van der Waals surface area contributed by atoms with E-state index in [1.54, 1.807) is 17.8 Å². The third kappa shape index (κ3) is 5.14. The highest BCUT2D eigenvalue weighted by atomic mass is 16.5. The molecule has 1 saturated heterocycles. The van der Waals surface area contributed by atoms with Crippen LogP contribution in [0.1, 0.15) is 17.5 Å². The summed E-state index contributed by atoms with van der Waals surface area (Å²) >= 11 is 0. The Balaban J connectivity index is 1.50. The molecule has 0 saturated carbocycles. The number of hydroxylamine groups is 1. The summed E-state index contributed by atoms with van der Waals surface area (Å²) in [5, 5.41) is 11.9. The molecule has 0 spiro atoms. The summed E-state index contributed by atoms with van der Waals surface area (Å²) in [6.07, 6.45) is 5.63. The summed E-state index contributed by atoms with van der Waals surface area (Å²) in [6.45, 7) is 3.04. The molecule has 1 aromatic heterocycles. The number of nitrogens with one attached hydrogen (secondary N) is 2. The number of nitrogens with zero attached hydrogens (tertiary/aromatic N) is 2. The fraction of sp³-hybridized carbons (Fsp3) is 0.263. The number of pyridine rings is 1. The first kappa shape index (κ1) is 17.1. The highest BCUT2D eigenvalue weighted by Gasteiger charge is 2.22. The van der Waals surface area contributed by atoms with Crippen molar-refractivity contribution in [2.45, 2.75) is 19.0 Å². The largest absolute Gasteiger partial charge is 0.366 e. The highest BCUT2D eigenvalue weighted by Crippen LogP contribution is 2.17. The minimum absolute atomic E-state index is 0.387. The molecule has 1 amide bonds. The molecule has 6 heteroatoms. The first-order chi connectivity index (χ1) is 12.2. The van der Waals surface area contributed by atoms with E-state index in [1.165, 1.54) is 11.6 Å². The number of benzene rings is 1. The summed E-state index contributed by atoms with van der Waals surface area (Å²) in [7, 11) is 0. The molecule has 6 nitrogen and oxygen atoms in total. The normalized spacial score (nSPS) is 17.7. The van der Waals surface area contributed by atoms with Crippen molar-refractivity contribution < 1.29 is 10.0 Å². The molecule has 1 aromatic carbocycles. The van der Waals surface area contributed by atoms with Crippen LogP contribution < -0.4 is 10.8 Å². The zero-order chi connectivity index (χ0) is 17.5. The Kier molecular flexibility index (Phi) is 5.77. The van der Waals surface area contributed by atoms with E-state index in [-0.39, 0.29) is 0 Å². The van der Waals surface area contributed by atoms with Gasteiger partial charge < -0.3 is 5.32 Å². The summed E-state index contributed by atoms with van der Waals surface area (Å²) in [6, 6.07) is 14.7. The molecule has 0 unspecified atom stereocenters. The van der Waals surface area contributed by atoms with E-state index in [9.17, 15) is 4.79 Å². The Hall–Kier alpha value is -2.70. The van der Waals surface area contributed by atoms with Gasteiger partial charge in [0.15, 0.2) is 0 Å². The van der Waals surface area contributed by atoms with Crippen LogP contribution in [-0.2, 0) is 11.3 Å². The summed E-state index contributed by atoms with van der Waals surface area (Å²) in [4.78, 5) is 17.8. The van der Waals surface area contributed by atoms with Crippen molar-refractivity contribution in [2.24, 2.45) is 0 Å². The van der Waals surface area contributed by atoms with E-state index in [2.05, 4.69) is 39.5 Å². The maximum atomic E-state index is 11.0. The average Bonchev–Trinajstić information content (AvgIpc) is 3.08. The first-order valence-corrected chi connectivity index (χ1v) is 8.34. The van der Waals surface area contributed by atoms with Crippen molar-refractivity contribution in [2.75, 3.05) is 18.4 Å². The van der Waals surface area contributed by atoms with Crippen LogP contribution in [0, 0.1) is 0 Å². The summed E-state index contributed by atoms with van der Waals surface area (Å²) in [5.41, 5.74) is 3.69. The number of hydrogen-bond acceptors (Lipinski definition) is 5. The predicted octanol–water partition coefficient (Wildman–Crippen LogP) is 2.29. The van der Waals surface area contributed by atoms with Gasteiger partial charge in [0.05, 0.1) is 0 Å². The number of rotatable bonds is 6. The molecule has 0 radical (unpaired) electrons. The van der Waals surface area contributed by atoms with Crippen molar-refractivity contribution in [1.29, 1.82) is 0 Å². The van der Waals surface area contributed by atoms with Gasteiger partial charge in [-0.05, 0) is 35.8 Å². The van der Waals surface area contributed by atoms with Crippen LogP contribution in [0.4, 0.5) is 5.82 Å². The van der Waals surface area contributed by atoms with Crippen molar-refractivity contribution in [3.05, 3.63) is 65.9 Å². The molecule has 2 aromatic rings. The molecule has 130 valence electrons. The maximum absolute atomic E-state index is 11.0. The minimum Gasteiger partial charge on any atom is -0.366 e. The molecule has 0 aliphatic carbocycles. The van der Waals surface area contributed by atoms with Crippen LogP contribution in [0.2, 0.25) is 0 Å². The lowest BCUT2D eigenvalue weighted by atomic mass is 10.2. The van der Waals surface area contributed by atoms with Gasteiger partial charge in [-0.1, -0.05) is 30.3 Å². The second kappa shape index (κ2) is 8.41. The number of anilines is 1. The molecule has 1 aliphatic rings. The van der Waals surface area contributed by atoms with Crippen LogP contribution >= 0.6 is 0 Å². The number of carbonyl (C=O) groups is 1. The van der Waals surface area contributed by atoms with Gasteiger partial charge in [0, 0.05) is 37.9 Å². The van der Waals surface area contributed by atoms with E-state index < -0.39 is 5.91 Å². The van der Waals surface area contributed by atoms with Gasteiger partial charge in [0.2, 0.25) is 0 Å². The second-order valence-electron chi connectivity index (χ2n) is 6.14. The van der Waals surface area contributed by atoms with Gasteiger partial charge in [0.25, 0.3) is 5.91 Å². The lowest BCUT2D eigenvalue weighted by Gasteiger charge is -2.17. The lowest BCUT2D eigenvalue weighted by molar-refractivity contribution is -0.124. The number of carbonyl (C=O) groups excluding carboxylic acids is 1. The van der Waals surface area contributed by atoms with Gasteiger partial charge in [-0.15, -0.1) is 0 Å². The molecule has 1 fully saturated rings. The zero-order valence-electron chi connectivity index (χ0n) is 13.9. The standard InChI is InChI=1S/C19H22N4O2/c24-19(22-25)9-7-15-6-8-18(20-12-15)21-17-10-11-23(14-17)13-16-4-2-1-3-5-16/h1-9,12,17,25H,10-11,13-14H2,(H,20,21)(H,22,24)/b9-7+/t17-/m1/s1. The molecular weight excluding hydrogens is 316 g/mol. The van der Waals surface area contributed by atoms with Gasteiger partial charge >= 0.3 is 0 Å². The Labute approximate surface area is 147 Å². The Morgan fingerprint density at radius 3 is 2.84 bits per heavy atom. The Morgan fingerprint density at radius 1 is 1.28 bits per heavy atom. The number of likely N-dealkylation sites (tertiary alicyclic amines) is 1. The molecule has 1 atom stereocenters. The highest BCUT2D eigenvalue weighted by molar-refractivity contribution is 5.90. The second-order valence-corrected chi connectivity index (χ2v) is 6.14. The smallest absolute Gasteiger partial charge is 0.267 e. The van der Waals surface area contributed by atoms with E-state index in [0.29, 0.717) is 6.04 Å². The minimum atomic E-state index is -0.563. The fourth-order valence-electron chi connectivity index (χ4n) is 2.94. The van der Waals surface area contributed by atoms with Crippen LogP contribution in [0.3, 0.4) is 0 Å². The molecule has 1 aliphatic heterocycles. The number of aromatic nitrogens is 1. The quantitative estimate of drug-likeness (QED) is 0.428. The van der Waals surface area contributed by atoms with E-state index >= 15 is 0 Å². The van der Waals surface area contributed by atoms with Crippen molar-refractivity contribution in [3.63, 3.8) is 0 Å². The van der Waals surface area contributed by atoms with Crippen LogP contribution in [-0.4, -0.2) is 40.1 Å². The van der Waals surface area contributed by atoms with Gasteiger partial charge in [-0.2, -0.15) is 0 Å². The van der Waals surface area contributed by atoms with Crippen molar-refractivity contribution >= 4 is 17.8 Å². The SMILES string of the molecule is O=C(/C=C/c1ccc(N[C@@H]2CCN(Cc3ccccc3)C2)nc1)NO. The third-order valence-electron chi connectivity index (χ3n) is 4.20. The topological polar surface area (TPSA) is 77.5 Å². The average molecular weight is 338 g/mol. The molecular formula is C19H22N4O2. The summed E-state index contributed by atoms with van der Waals surface area (Å²) < 4.78 is 0. The summed E-state index contributed by atoms with van der Waals surface area (Å²) in [5.74, 6) is 0.266. The van der Waals surface area contributed by atoms with Gasteiger partial charge in [0.1, 0.15) is 5.82 Å². The monoisotopic (exact) mass is 338 g/mol. The lowest BCUT2D eigenvalue weighted by Crippen LogP contribution is -2.26. The van der Waals surface area contributed by atoms with E-state index in [4.69, 9.17) is 5.21 Å². The maximum Gasteiger partial charge on any atom is 0.267 e. The van der Waals surface area contributed by atoms with Crippen molar-refractivity contribution in [3.8, 4) is 0 Å². The number of hydrogen-bond donors (Lipinski definition) is 3. The van der Waals surface area contributed by atoms with Crippen LogP contribution in [0.15, 0.2) is 54.7 Å².